The molecule has 16 heteroatoms. The predicted molar refractivity (Wildman–Crippen MR) is 154 cm³/mol. The van der Waals surface area contributed by atoms with Crippen molar-refractivity contribution in [3.63, 3.8) is 0 Å². The lowest BCUT2D eigenvalue weighted by Crippen LogP contribution is -2.49. The Morgan fingerprint density at radius 2 is 1.95 bits per heavy atom. The van der Waals surface area contributed by atoms with Crippen molar-refractivity contribution in [2.24, 2.45) is 0 Å². The van der Waals surface area contributed by atoms with Crippen LogP contribution in [0.3, 0.4) is 0 Å². The van der Waals surface area contributed by atoms with Gasteiger partial charge in [-0.3, -0.25) is 14.2 Å². The number of hydrogen-bond acceptors (Lipinski definition) is 9. The van der Waals surface area contributed by atoms with Gasteiger partial charge in [0.05, 0.1) is 16.6 Å². The average Bonchev–Trinajstić information content (AvgIpc) is 3.55. The summed E-state index contributed by atoms with van der Waals surface area (Å²) in [5, 5.41) is 3.66. The third-order valence-electron chi connectivity index (χ3n) is 6.65. The van der Waals surface area contributed by atoms with E-state index in [0.29, 0.717) is 40.6 Å². The van der Waals surface area contributed by atoms with Crippen LogP contribution in [-0.2, 0) is 14.6 Å². The van der Waals surface area contributed by atoms with Gasteiger partial charge < -0.3 is 14.3 Å². The van der Waals surface area contributed by atoms with Crippen molar-refractivity contribution in [3.05, 3.63) is 78.3 Å². The summed E-state index contributed by atoms with van der Waals surface area (Å²) in [7, 11) is -8.90. The van der Waals surface area contributed by atoms with Gasteiger partial charge in [0.25, 0.3) is 10.0 Å². The second kappa shape index (κ2) is 11.1. The molecule has 13 nitrogen and oxygen atoms in total. The highest BCUT2D eigenvalue weighted by atomic mass is 35.5. The van der Waals surface area contributed by atoms with Crippen LogP contribution in [0.25, 0.3) is 28.5 Å². The van der Waals surface area contributed by atoms with Gasteiger partial charge in [0.15, 0.2) is 0 Å². The number of hydrogen-bond donors (Lipinski definition) is 3. The zero-order valence-electron chi connectivity index (χ0n) is 21.7. The van der Waals surface area contributed by atoms with Crippen LogP contribution >= 0.6 is 19.4 Å². The van der Waals surface area contributed by atoms with Gasteiger partial charge in [-0.1, -0.05) is 23.7 Å². The zero-order chi connectivity index (χ0) is 29.5. The first kappa shape index (κ1) is 28.3. The van der Waals surface area contributed by atoms with E-state index in [1.807, 2.05) is 0 Å². The largest absolute Gasteiger partial charge is 0.524 e. The molecule has 0 aliphatic carbocycles. The summed E-state index contributed by atoms with van der Waals surface area (Å²) in [5.74, 6) is 0.132. The summed E-state index contributed by atoms with van der Waals surface area (Å²) in [6.07, 6.45) is 5.91. The Morgan fingerprint density at radius 1 is 1.14 bits per heavy atom. The molecule has 1 saturated heterocycles. The molecule has 1 atom stereocenters. The van der Waals surface area contributed by atoms with Crippen LogP contribution in [0.2, 0.25) is 5.02 Å². The number of benzene rings is 2. The molecule has 5 aromatic rings. The normalized spacial score (nSPS) is 16.0. The van der Waals surface area contributed by atoms with E-state index in [2.05, 4.69) is 15.3 Å². The maximum atomic E-state index is 14.0. The van der Waals surface area contributed by atoms with Crippen LogP contribution < -0.4 is 14.1 Å². The fraction of sp³-hybridized carbons (Fsp3) is 0.192. The summed E-state index contributed by atoms with van der Waals surface area (Å²) >= 11 is 6.02. The molecule has 0 unspecified atom stereocenters. The molecule has 6 rings (SSSR count). The lowest BCUT2D eigenvalue weighted by molar-refractivity contribution is 0.283. The number of halogens is 1. The molecule has 1 fully saturated rings. The van der Waals surface area contributed by atoms with E-state index >= 15 is 0 Å². The lowest BCUT2D eigenvalue weighted by atomic mass is 10.1. The molecule has 42 heavy (non-hydrogen) atoms. The summed E-state index contributed by atoms with van der Waals surface area (Å²) in [6.45, 7) is 1.19. The number of oxazole rings is 1. The molecule has 4 heterocycles. The molecule has 0 spiro atoms. The van der Waals surface area contributed by atoms with Crippen molar-refractivity contribution < 1.29 is 31.7 Å². The molecule has 2 aromatic carbocycles. The quantitative estimate of drug-likeness (QED) is 0.211. The van der Waals surface area contributed by atoms with Gasteiger partial charge in [-0.05, 0) is 61.9 Å². The number of rotatable bonds is 8. The van der Waals surface area contributed by atoms with E-state index in [1.165, 1.54) is 53.2 Å². The number of sulfonamides is 1. The molecule has 3 aromatic heterocycles. The van der Waals surface area contributed by atoms with Gasteiger partial charge in [0.1, 0.15) is 23.4 Å². The molecule has 0 amide bonds. The molecule has 218 valence electrons. The van der Waals surface area contributed by atoms with E-state index in [1.54, 1.807) is 28.8 Å². The highest BCUT2D eigenvalue weighted by molar-refractivity contribution is 7.92. The predicted octanol–water partition coefficient (Wildman–Crippen LogP) is 4.12. The molecular weight excluding hydrogens is 607 g/mol. The van der Waals surface area contributed by atoms with Gasteiger partial charge in [0.2, 0.25) is 5.95 Å². The van der Waals surface area contributed by atoms with Crippen LogP contribution in [-0.4, -0.2) is 56.7 Å². The first-order chi connectivity index (χ1) is 20.1. The van der Waals surface area contributed by atoms with Crippen LogP contribution in [0.15, 0.2) is 82.6 Å². The molecule has 0 bridgehead atoms. The van der Waals surface area contributed by atoms with Gasteiger partial charge in [-0.15, -0.1) is 0 Å². The number of nitrogens with zero attached hydrogens (tertiary/aromatic N) is 5. The van der Waals surface area contributed by atoms with Crippen molar-refractivity contribution in [2.75, 3.05) is 17.4 Å². The number of fused-ring (bicyclic) bond motifs is 1. The molecule has 1 aliphatic rings. The van der Waals surface area contributed by atoms with Crippen molar-refractivity contribution in [1.82, 2.24) is 24.7 Å². The Labute approximate surface area is 245 Å². The molecule has 1 aliphatic heterocycles. The Bertz CT molecular complexity index is 1900. The standard InChI is InChI=1S/C26H24ClN6O7PS/c27-18-6-8-21(9-7-18)42(37,38)33(19-4-2-11-28-16-19)25-29-12-10-22(30-25)24-23(31-26-32(24)13-14-39-26)17-3-1-5-20(15-17)40-41(34,35)36/h1,3,5-10,12-15,19,28H,2,4,11,16H2,(H2,34,35,36)/t19-/m1/s1. The third kappa shape index (κ3) is 5.64. The molecule has 3 N–H and O–H groups in total. The van der Waals surface area contributed by atoms with Gasteiger partial charge in [0, 0.05) is 29.5 Å². The minimum atomic E-state index is -4.80. The lowest BCUT2D eigenvalue weighted by Gasteiger charge is -2.33. The molecule has 0 radical (unpaired) electrons. The van der Waals surface area contributed by atoms with E-state index < -0.39 is 23.9 Å². The van der Waals surface area contributed by atoms with E-state index in [4.69, 9.17) is 25.5 Å². The fourth-order valence-electron chi connectivity index (χ4n) is 4.88. The van der Waals surface area contributed by atoms with Crippen LogP contribution in [0.1, 0.15) is 12.8 Å². The number of nitrogens with one attached hydrogen (secondary N) is 1. The highest BCUT2D eigenvalue weighted by Gasteiger charge is 2.35. The fourth-order valence-corrected chi connectivity index (χ4v) is 6.97. The van der Waals surface area contributed by atoms with Gasteiger partial charge >= 0.3 is 13.7 Å². The molecular formula is C26H24ClN6O7PS. The number of piperidine rings is 1. The second-order valence-electron chi connectivity index (χ2n) is 9.47. The van der Waals surface area contributed by atoms with Gasteiger partial charge in [-0.25, -0.2) is 27.3 Å². The maximum absolute atomic E-state index is 14.0. The van der Waals surface area contributed by atoms with Gasteiger partial charge in [-0.2, -0.15) is 4.98 Å². The first-order valence-corrected chi connectivity index (χ1v) is 16.1. The smallest absolute Gasteiger partial charge is 0.432 e. The Morgan fingerprint density at radius 3 is 2.69 bits per heavy atom. The Balaban J connectivity index is 1.48. The number of phosphoric ester groups is 1. The second-order valence-corrected chi connectivity index (χ2v) is 12.9. The van der Waals surface area contributed by atoms with Crippen LogP contribution in [0, 0.1) is 0 Å². The van der Waals surface area contributed by atoms with Crippen molar-refractivity contribution >= 4 is 41.2 Å². The monoisotopic (exact) mass is 630 g/mol. The third-order valence-corrected chi connectivity index (χ3v) is 9.20. The van der Waals surface area contributed by atoms with E-state index in [9.17, 15) is 22.8 Å². The Hall–Kier alpha value is -3.78. The number of imidazole rings is 1. The number of aromatic nitrogens is 4. The highest BCUT2D eigenvalue weighted by Crippen LogP contribution is 2.40. The number of anilines is 1. The van der Waals surface area contributed by atoms with Crippen LogP contribution in [0.5, 0.6) is 5.75 Å². The van der Waals surface area contributed by atoms with Crippen LogP contribution in [0.4, 0.5) is 5.95 Å². The average molecular weight is 631 g/mol. The minimum absolute atomic E-state index is 0.0286. The topological polar surface area (TPSA) is 172 Å². The first-order valence-electron chi connectivity index (χ1n) is 12.8. The van der Waals surface area contributed by atoms with Crippen molar-refractivity contribution in [3.8, 4) is 28.4 Å². The summed E-state index contributed by atoms with van der Waals surface area (Å²) in [4.78, 5) is 32.3. The summed E-state index contributed by atoms with van der Waals surface area (Å²) in [6, 6.07) is 13.2. The molecule has 0 saturated carbocycles. The SMILES string of the molecule is O=P(O)(O)Oc1cccc(-c2nc3occn3c2-c2ccnc(N([C@@H]3CCCNC3)S(=O)(=O)c3ccc(Cl)cc3)n2)c1. The van der Waals surface area contributed by atoms with E-state index in [0.717, 1.165) is 13.0 Å². The number of phosphoric acid groups is 1. The van der Waals surface area contributed by atoms with Crippen molar-refractivity contribution in [2.45, 2.75) is 23.8 Å². The van der Waals surface area contributed by atoms with Crippen molar-refractivity contribution in [1.29, 1.82) is 0 Å². The maximum Gasteiger partial charge on any atom is 0.524 e. The summed E-state index contributed by atoms with van der Waals surface area (Å²) in [5.41, 5.74) is 1.60. The minimum Gasteiger partial charge on any atom is -0.432 e. The zero-order valence-corrected chi connectivity index (χ0v) is 24.2. The summed E-state index contributed by atoms with van der Waals surface area (Å²) < 4.78 is 52.6. The Kier molecular flexibility index (Phi) is 7.51. The van der Waals surface area contributed by atoms with E-state index in [-0.39, 0.29) is 22.4 Å².